The molecule has 0 unspecified atom stereocenters. The zero-order valence-electron chi connectivity index (χ0n) is 12.1. The molecule has 4 nitrogen and oxygen atoms in total. The summed E-state index contributed by atoms with van der Waals surface area (Å²) in [5, 5.41) is 9.04. The predicted molar refractivity (Wildman–Crippen MR) is 81.4 cm³/mol. The van der Waals surface area contributed by atoms with E-state index in [1.54, 1.807) is 6.07 Å². The second kappa shape index (κ2) is 5.74. The fourth-order valence-corrected chi connectivity index (χ4v) is 1.96. The first kappa shape index (κ1) is 15.3. The lowest BCUT2D eigenvalue weighted by Crippen LogP contribution is -2.10. The van der Waals surface area contributed by atoms with Gasteiger partial charge in [-0.05, 0) is 29.2 Å². The maximum absolute atomic E-state index is 10.8. The summed E-state index contributed by atoms with van der Waals surface area (Å²) in [5.74, 6) is -0.279. The number of ether oxygens (including phenoxy) is 1. The first-order chi connectivity index (χ1) is 9.77. The summed E-state index contributed by atoms with van der Waals surface area (Å²) in [6.07, 6.45) is 1.22. The van der Waals surface area contributed by atoms with Crippen molar-refractivity contribution in [3.8, 4) is 11.6 Å². The largest absolute Gasteiger partial charge is 0.478 e. The van der Waals surface area contributed by atoms with Gasteiger partial charge in [-0.2, -0.15) is 0 Å². The van der Waals surface area contributed by atoms with Crippen molar-refractivity contribution in [1.82, 2.24) is 4.98 Å². The Morgan fingerprint density at radius 2 is 2.00 bits per heavy atom. The lowest BCUT2D eigenvalue weighted by molar-refractivity contribution is 0.0696. The lowest BCUT2D eigenvalue weighted by Gasteiger charge is -2.19. The van der Waals surface area contributed by atoms with Crippen molar-refractivity contribution in [2.45, 2.75) is 26.2 Å². The molecule has 0 aliphatic carbocycles. The SMILES string of the molecule is CC(C)(C)c1cccc(Oc2ncc(C(=O)O)cc2Cl)c1. The number of hydrogen-bond acceptors (Lipinski definition) is 3. The third-order valence-corrected chi connectivity index (χ3v) is 3.24. The highest BCUT2D eigenvalue weighted by Crippen LogP contribution is 2.31. The van der Waals surface area contributed by atoms with Crippen LogP contribution in [0.15, 0.2) is 36.5 Å². The van der Waals surface area contributed by atoms with E-state index in [-0.39, 0.29) is 21.9 Å². The Bertz CT molecular complexity index is 677. The molecular weight excluding hydrogens is 290 g/mol. The normalized spacial score (nSPS) is 11.2. The third kappa shape index (κ3) is 3.73. The minimum absolute atomic E-state index is 0.00373. The summed E-state index contributed by atoms with van der Waals surface area (Å²) in [6, 6.07) is 8.96. The summed E-state index contributed by atoms with van der Waals surface area (Å²) in [6.45, 7) is 6.33. The lowest BCUT2D eigenvalue weighted by atomic mass is 9.87. The quantitative estimate of drug-likeness (QED) is 0.905. The number of benzene rings is 1. The number of carboxylic acid groups (broad SMARTS) is 1. The van der Waals surface area contributed by atoms with E-state index < -0.39 is 5.97 Å². The van der Waals surface area contributed by atoms with Gasteiger partial charge >= 0.3 is 5.97 Å². The zero-order valence-corrected chi connectivity index (χ0v) is 12.8. The molecule has 110 valence electrons. The van der Waals surface area contributed by atoms with Crippen LogP contribution in [-0.2, 0) is 5.41 Å². The van der Waals surface area contributed by atoms with Gasteiger partial charge in [-0.1, -0.05) is 44.5 Å². The van der Waals surface area contributed by atoms with Crippen molar-refractivity contribution < 1.29 is 14.6 Å². The maximum atomic E-state index is 10.8. The van der Waals surface area contributed by atoms with Crippen LogP contribution in [0.25, 0.3) is 0 Å². The summed E-state index contributed by atoms with van der Waals surface area (Å²) in [5.41, 5.74) is 1.15. The molecule has 0 fully saturated rings. The van der Waals surface area contributed by atoms with Crippen molar-refractivity contribution in [3.05, 3.63) is 52.7 Å². The van der Waals surface area contributed by atoms with E-state index in [2.05, 4.69) is 25.8 Å². The van der Waals surface area contributed by atoms with Crippen LogP contribution in [0.3, 0.4) is 0 Å². The van der Waals surface area contributed by atoms with Crippen molar-refractivity contribution in [2.75, 3.05) is 0 Å². The molecule has 21 heavy (non-hydrogen) atoms. The van der Waals surface area contributed by atoms with E-state index in [0.717, 1.165) is 5.56 Å². The van der Waals surface area contributed by atoms with E-state index in [1.165, 1.54) is 12.3 Å². The van der Waals surface area contributed by atoms with Crippen molar-refractivity contribution >= 4 is 17.6 Å². The molecule has 1 aromatic heterocycles. The first-order valence-electron chi connectivity index (χ1n) is 6.44. The molecule has 0 amide bonds. The molecule has 0 aliphatic rings. The molecule has 2 aromatic rings. The minimum atomic E-state index is -1.08. The van der Waals surface area contributed by atoms with Gasteiger partial charge in [0.05, 0.1) is 5.56 Å². The monoisotopic (exact) mass is 305 g/mol. The number of hydrogen-bond donors (Lipinski definition) is 1. The standard InChI is InChI=1S/C16H16ClNO3/c1-16(2,3)11-5-4-6-12(8-11)21-14-13(17)7-10(9-18-14)15(19)20/h4-9H,1-3H3,(H,19,20). The smallest absolute Gasteiger partial charge is 0.337 e. The van der Waals surface area contributed by atoms with Gasteiger partial charge in [0.15, 0.2) is 0 Å². The summed E-state index contributed by atoms with van der Waals surface area (Å²) >= 11 is 6.00. The Morgan fingerprint density at radius 1 is 1.29 bits per heavy atom. The molecule has 5 heteroatoms. The van der Waals surface area contributed by atoms with Crippen molar-refractivity contribution in [1.29, 1.82) is 0 Å². The Balaban J connectivity index is 2.28. The molecule has 0 bridgehead atoms. The van der Waals surface area contributed by atoms with Gasteiger partial charge in [0.1, 0.15) is 10.8 Å². The number of pyridine rings is 1. The minimum Gasteiger partial charge on any atom is -0.478 e. The number of carboxylic acids is 1. The molecule has 0 saturated carbocycles. The van der Waals surface area contributed by atoms with Gasteiger partial charge in [0, 0.05) is 6.20 Å². The van der Waals surface area contributed by atoms with Crippen LogP contribution in [0.2, 0.25) is 5.02 Å². The fraction of sp³-hybridized carbons (Fsp3) is 0.250. The van der Waals surface area contributed by atoms with Crippen LogP contribution in [-0.4, -0.2) is 16.1 Å². The van der Waals surface area contributed by atoms with Crippen LogP contribution < -0.4 is 4.74 Å². The van der Waals surface area contributed by atoms with Crippen LogP contribution in [0.4, 0.5) is 0 Å². The third-order valence-electron chi connectivity index (χ3n) is 2.97. The van der Waals surface area contributed by atoms with Gasteiger partial charge < -0.3 is 9.84 Å². The van der Waals surface area contributed by atoms with Gasteiger partial charge in [-0.15, -0.1) is 0 Å². The summed E-state index contributed by atoms with van der Waals surface area (Å²) < 4.78 is 5.64. The first-order valence-corrected chi connectivity index (χ1v) is 6.82. The molecule has 0 spiro atoms. The Morgan fingerprint density at radius 3 is 2.57 bits per heavy atom. The van der Waals surface area contributed by atoms with Crippen LogP contribution in [0.1, 0.15) is 36.7 Å². The Kier molecular flexibility index (Phi) is 4.19. The zero-order chi connectivity index (χ0) is 15.6. The van der Waals surface area contributed by atoms with E-state index in [4.69, 9.17) is 21.4 Å². The molecule has 1 N–H and O–H groups in total. The van der Waals surface area contributed by atoms with E-state index in [0.29, 0.717) is 5.75 Å². The van der Waals surface area contributed by atoms with Crippen molar-refractivity contribution in [2.24, 2.45) is 0 Å². The average molecular weight is 306 g/mol. The Hall–Kier alpha value is -2.07. The topological polar surface area (TPSA) is 59.4 Å². The van der Waals surface area contributed by atoms with Gasteiger partial charge in [0.25, 0.3) is 0 Å². The van der Waals surface area contributed by atoms with E-state index >= 15 is 0 Å². The number of carbonyl (C=O) groups is 1. The van der Waals surface area contributed by atoms with E-state index in [1.807, 2.05) is 18.2 Å². The summed E-state index contributed by atoms with van der Waals surface area (Å²) in [4.78, 5) is 14.8. The molecule has 2 rings (SSSR count). The number of nitrogens with zero attached hydrogens (tertiary/aromatic N) is 1. The number of rotatable bonds is 3. The average Bonchev–Trinajstić information content (AvgIpc) is 2.40. The van der Waals surface area contributed by atoms with Crippen LogP contribution in [0, 0.1) is 0 Å². The van der Waals surface area contributed by atoms with Crippen molar-refractivity contribution in [3.63, 3.8) is 0 Å². The highest BCUT2D eigenvalue weighted by molar-refractivity contribution is 6.32. The maximum Gasteiger partial charge on any atom is 0.337 e. The van der Waals surface area contributed by atoms with Gasteiger partial charge in [-0.25, -0.2) is 9.78 Å². The molecular formula is C16H16ClNO3. The highest BCUT2D eigenvalue weighted by Gasteiger charge is 2.15. The molecule has 0 aliphatic heterocycles. The van der Waals surface area contributed by atoms with Gasteiger partial charge in [0.2, 0.25) is 5.88 Å². The molecule has 1 aromatic carbocycles. The van der Waals surface area contributed by atoms with Crippen LogP contribution in [0.5, 0.6) is 11.6 Å². The highest BCUT2D eigenvalue weighted by atomic mass is 35.5. The molecule has 0 saturated heterocycles. The molecule has 0 atom stereocenters. The number of halogens is 1. The second-order valence-electron chi connectivity index (χ2n) is 5.70. The Labute approximate surface area is 128 Å². The number of aromatic nitrogens is 1. The molecule has 1 heterocycles. The molecule has 0 radical (unpaired) electrons. The number of aromatic carboxylic acids is 1. The summed E-state index contributed by atoms with van der Waals surface area (Å²) in [7, 11) is 0. The fourth-order valence-electron chi connectivity index (χ4n) is 1.76. The van der Waals surface area contributed by atoms with Gasteiger partial charge in [-0.3, -0.25) is 0 Å². The second-order valence-corrected chi connectivity index (χ2v) is 6.10. The predicted octanol–water partition coefficient (Wildman–Crippen LogP) is 4.52. The van der Waals surface area contributed by atoms with Crippen LogP contribution >= 0.6 is 11.6 Å². The van der Waals surface area contributed by atoms with E-state index in [9.17, 15) is 4.79 Å².